The predicted molar refractivity (Wildman–Crippen MR) is 116 cm³/mol. The van der Waals surface area contributed by atoms with Crippen LogP contribution in [-0.4, -0.2) is 58.4 Å². The fourth-order valence-corrected chi connectivity index (χ4v) is 3.65. The molecule has 2 fully saturated rings. The fourth-order valence-electron chi connectivity index (χ4n) is 3.65. The molecule has 0 radical (unpaired) electrons. The van der Waals surface area contributed by atoms with Crippen molar-refractivity contribution in [2.75, 3.05) is 35.2 Å². The van der Waals surface area contributed by atoms with Gasteiger partial charge in [0.05, 0.1) is 5.56 Å². The molecule has 158 valence electrons. The summed E-state index contributed by atoms with van der Waals surface area (Å²) >= 11 is 0. The van der Waals surface area contributed by atoms with Crippen molar-refractivity contribution in [1.82, 2.24) is 14.9 Å². The first-order valence-corrected chi connectivity index (χ1v) is 10.2. The van der Waals surface area contributed by atoms with Crippen molar-refractivity contribution in [3.05, 3.63) is 36.0 Å². The van der Waals surface area contributed by atoms with Crippen LogP contribution in [0.3, 0.4) is 0 Å². The zero-order valence-electron chi connectivity index (χ0n) is 17.3. The van der Waals surface area contributed by atoms with E-state index in [2.05, 4.69) is 32.4 Å². The van der Waals surface area contributed by atoms with Gasteiger partial charge in [0.25, 0.3) is 5.91 Å². The highest BCUT2D eigenvalue weighted by molar-refractivity contribution is 5.97. The number of primary amides is 1. The lowest BCUT2D eigenvalue weighted by Gasteiger charge is -2.41. The first-order chi connectivity index (χ1) is 14.4. The standard InChI is InChI=1S/C21H27N7O2/c1-13-12-27(14(2)29)9-10-28(13)17-7-5-16(6-8-17)25-21-23-11-18(19(22)30)20(26-21)24-15-3-4-15/h5-8,11,13,15H,3-4,9-10,12H2,1-2H3,(H2,22,30)(H2,23,24,25,26). The average Bonchev–Trinajstić information content (AvgIpc) is 3.52. The van der Waals surface area contributed by atoms with E-state index in [1.165, 1.54) is 6.20 Å². The highest BCUT2D eigenvalue weighted by Gasteiger charge is 2.26. The summed E-state index contributed by atoms with van der Waals surface area (Å²) in [6.45, 7) is 6.01. The van der Waals surface area contributed by atoms with Crippen molar-refractivity contribution in [3.63, 3.8) is 0 Å². The number of aromatic nitrogens is 2. The van der Waals surface area contributed by atoms with Crippen LogP contribution in [0.15, 0.2) is 30.5 Å². The van der Waals surface area contributed by atoms with Gasteiger partial charge in [-0.2, -0.15) is 4.98 Å². The highest BCUT2D eigenvalue weighted by Crippen LogP contribution is 2.27. The molecule has 9 nitrogen and oxygen atoms in total. The van der Waals surface area contributed by atoms with Gasteiger partial charge in [-0.3, -0.25) is 9.59 Å². The maximum Gasteiger partial charge on any atom is 0.254 e. The van der Waals surface area contributed by atoms with Crippen LogP contribution in [0.5, 0.6) is 0 Å². The number of nitrogens with two attached hydrogens (primary N) is 1. The molecular weight excluding hydrogens is 382 g/mol. The largest absolute Gasteiger partial charge is 0.367 e. The lowest BCUT2D eigenvalue weighted by atomic mass is 10.1. The Kier molecular flexibility index (Phi) is 5.43. The van der Waals surface area contributed by atoms with Crippen LogP contribution in [0.1, 0.15) is 37.0 Å². The summed E-state index contributed by atoms with van der Waals surface area (Å²) in [6.07, 6.45) is 3.57. The van der Waals surface area contributed by atoms with Crippen LogP contribution in [0.4, 0.5) is 23.1 Å². The molecule has 1 aromatic heterocycles. The maximum absolute atomic E-state index is 11.6. The van der Waals surface area contributed by atoms with Gasteiger partial charge in [0.2, 0.25) is 11.9 Å². The molecule has 30 heavy (non-hydrogen) atoms. The van der Waals surface area contributed by atoms with Crippen molar-refractivity contribution in [3.8, 4) is 0 Å². The Balaban J connectivity index is 1.45. The first-order valence-electron chi connectivity index (χ1n) is 10.2. The molecule has 1 aliphatic heterocycles. The molecule has 0 spiro atoms. The van der Waals surface area contributed by atoms with Gasteiger partial charge in [-0.1, -0.05) is 0 Å². The second kappa shape index (κ2) is 8.17. The number of piperazine rings is 1. The van der Waals surface area contributed by atoms with Crippen LogP contribution < -0.4 is 21.3 Å². The van der Waals surface area contributed by atoms with Crippen LogP contribution in [0.25, 0.3) is 0 Å². The van der Waals surface area contributed by atoms with Gasteiger partial charge in [0.1, 0.15) is 5.82 Å². The fraction of sp³-hybridized carbons (Fsp3) is 0.429. The van der Waals surface area contributed by atoms with E-state index in [1.54, 1.807) is 6.92 Å². The van der Waals surface area contributed by atoms with Crippen molar-refractivity contribution < 1.29 is 9.59 Å². The molecule has 2 aromatic rings. The summed E-state index contributed by atoms with van der Waals surface area (Å²) in [6, 6.07) is 8.63. The zero-order valence-corrected chi connectivity index (χ0v) is 17.3. The van der Waals surface area contributed by atoms with Crippen LogP contribution >= 0.6 is 0 Å². The van der Waals surface area contributed by atoms with Gasteiger partial charge < -0.3 is 26.2 Å². The van der Waals surface area contributed by atoms with E-state index < -0.39 is 5.91 Å². The van der Waals surface area contributed by atoms with Crippen molar-refractivity contribution in [2.45, 2.75) is 38.8 Å². The number of benzene rings is 1. The zero-order chi connectivity index (χ0) is 21.3. The predicted octanol–water partition coefficient (Wildman–Crippen LogP) is 1.95. The molecule has 2 amide bonds. The summed E-state index contributed by atoms with van der Waals surface area (Å²) in [5, 5.41) is 6.42. The van der Waals surface area contributed by atoms with E-state index in [0.717, 1.165) is 43.9 Å². The minimum absolute atomic E-state index is 0.124. The van der Waals surface area contributed by atoms with Crippen molar-refractivity contribution >= 4 is 35.0 Å². The Bertz CT molecular complexity index is 943. The molecule has 2 heterocycles. The third-order valence-corrected chi connectivity index (χ3v) is 5.50. The molecule has 1 aliphatic carbocycles. The molecule has 1 saturated carbocycles. The molecule has 4 N–H and O–H groups in total. The van der Waals surface area contributed by atoms with Gasteiger partial charge in [0, 0.05) is 56.2 Å². The Hall–Kier alpha value is -3.36. The number of hydrogen-bond donors (Lipinski definition) is 3. The molecule has 4 rings (SSSR count). The van der Waals surface area contributed by atoms with E-state index in [9.17, 15) is 9.59 Å². The van der Waals surface area contributed by atoms with Gasteiger partial charge in [0.15, 0.2) is 0 Å². The molecule has 1 aromatic carbocycles. The van der Waals surface area contributed by atoms with Crippen LogP contribution in [0.2, 0.25) is 0 Å². The Labute approximate surface area is 175 Å². The molecular formula is C21H27N7O2. The minimum Gasteiger partial charge on any atom is -0.367 e. The monoisotopic (exact) mass is 409 g/mol. The smallest absolute Gasteiger partial charge is 0.254 e. The summed E-state index contributed by atoms with van der Waals surface area (Å²) in [7, 11) is 0. The number of rotatable bonds is 6. The maximum atomic E-state index is 11.6. The molecule has 9 heteroatoms. The van der Waals surface area contributed by atoms with Crippen molar-refractivity contribution in [2.24, 2.45) is 5.73 Å². The second-order valence-corrected chi connectivity index (χ2v) is 7.92. The van der Waals surface area contributed by atoms with Crippen LogP contribution in [0, 0.1) is 0 Å². The molecule has 0 bridgehead atoms. The number of carbonyl (C=O) groups is 2. The second-order valence-electron chi connectivity index (χ2n) is 7.92. The number of nitrogens with zero attached hydrogens (tertiary/aromatic N) is 4. The first kappa shape index (κ1) is 19.9. The van der Waals surface area contributed by atoms with E-state index in [0.29, 0.717) is 23.4 Å². The summed E-state index contributed by atoms with van der Waals surface area (Å²) in [5.41, 5.74) is 7.68. The highest BCUT2D eigenvalue weighted by atomic mass is 16.2. The van der Waals surface area contributed by atoms with E-state index in [-0.39, 0.29) is 11.9 Å². The quantitative estimate of drug-likeness (QED) is 0.668. The van der Waals surface area contributed by atoms with Gasteiger partial charge in [-0.25, -0.2) is 4.98 Å². The third-order valence-electron chi connectivity index (χ3n) is 5.50. The van der Waals surface area contributed by atoms with E-state index >= 15 is 0 Å². The SMILES string of the molecule is CC(=O)N1CCN(c2ccc(Nc3ncc(C(N)=O)c(NC4CC4)n3)cc2)C(C)C1. The Morgan fingerprint density at radius 1 is 1.17 bits per heavy atom. The van der Waals surface area contributed by atoms with Crippen molar-refractivity contribution in [1.29, 1.82) is 0 Å². The number of nitrogens with one attached hydrogen (secondary N) is 2. The summed E-state index contributed by atoms with van der Waals surface area (Å²) < 4.78 is 0. The summed E-state index contributed by atoms with van der Waals surface area (Å²) in [5.74, 6) is 0.447. The lowest BCUT2D eigenvalue weighted by Crippen LogP contribution is -2.53. The van der Waals surface area contributed by atoms with E-state index in [4.69, 9.17) is 5.73 Å². The molecule has 2 aliphatic rings. The Morgan fingerprint density at radius 2 is 1.90 bits per heavy atom. The van der Waals surface area contributed by atoms with Crippen LogP contribution in [-0.2, 0) is 4.79 Å². The van der Waals surface area contributed by atoms with Gasteiger partial charge in [-0.15, -0.1) is 0 Å². The van der Waals surface area contributed by atoms with Gasteiger partial charge in [-0.05, 0) is 44.0 Å². The Morgan fingerprint density at radius 3 is 2.50 bits per heavy atom. The number of amides is 2. The molecule has 1 unspecified atom stereocenters. The molecule has 1 atom stereocenters. The lowest BCUT2D eigenvalue weighted by molar-refractivity contribution is -0.129. The summed E-state index contributed by atoms with van der Waals surface area (Å²) in [4.78, 5) is 36.1. The number of hydrogen-bond acceptors (Lipinski definition) is 7. The van der Waals surface area contributed by atoms with Gasteiger partial charge >= 0.3 is 0 Å². The third kappa shape index (κ3) is 4.45. The molecule has 1 saturated heterocycles. The topological polar surface area (TPSA) is 116 Å². The minimum atomic E-state index is -0.548. The van der Waals surface area contributed by atoms with E-state index in [1.807, 2.05) is 29.2 Å². The number of carbonyl (C=O) groups excluding carboxylic acids is 2. The normalized spacial score (nSPS) is 18.8. The number of anilines is 4. The average molecular weight is 409 g/mol.